The minimum Gasteiger partial charge on any atom is -0.311 e. The van der Waals surface area contributed by atoms with E-state index >= 15 is 0 Å². The Bertz CT molecular complexity index is 470. The minimum absolute atomic E-state index is 0.00412. The maximum absolute atomic E-state index is 12.3. The number of carbonyl (C=O) groups is 1. The van der Waals surface area contributed by atoms with Gasteiger partial charge in [-0.2, -0.15) is 0 Å². The predicted molar refractivity (Wildman–Crippen MR) is 72.9 cm³/mol. The van der Waals surface area contributed by atoms with E-state index in [1.54, 1.807) is 0 Å². The number of amides is 1. The van der Waals surface area contributed by atoms with Crippen molar-refractivity contribution in [3.63, 3.8) is 0 Å². The number of aryl methyl sites for hydroxylation is 1. The van der Waals surface area contributed by atoms with E-state index in [0.29, 0.717) is 0 Å². The molecule has 18 heavy (non-hydrogen) atoms. The number of carbonyl (C=O) groups excluding carboxylic acids is 1. The summed E-state index contributed by atoms with van der Waals surface area (Å²) in [5, 5.41) is 3.10. The van der Waals surface area contributed by atoms with Crippen molar-refractivity contribution < 1.29 is 4.79 Å². The molecule has 0 radical (unpaired) electrons. The van der Waals surface area contributed by atoms with E-state index < -0.39 is 0 Å². The molecule has 1 saturated heterocycles. The van der Waals surface area contributed by atoms with E-state index in [-0.39, 0.29) is 11.9 Å². The fraction of sp³-hybridized carbons (Fsp3) is 0.533. The average molecular weight is 244 g/mol. The number of hydrogen-bond donors (Lipinski definition) is 1. The van der Waals surface area contributed by atoms with Crippen molar-refractivity contribution in [2.75, 3.05) is 18.5 Å². The van der Waals surface area contributed by atoms with E-state index in [9.17, 15) is 4.79 Å². The summed E-state index contributed by atoms with van der Waals surface area (Å²) in [5.41, 5.74) is 4.02. The second-order valence-electron chi connectivity index (χ2n) is 5.24. The van der Waals surface area contributed by atoms with Crippen molar-refractivity contribution in [2.24, 2.45) is 0 Å². The molecular weight excluding hydrogens is 224 g/mol. The van der Waals surface area contributed by atoms with Crippen LogP contribution in [0, 0.1) is 0 Å². The molecule has 1 aromatic carbocycles. The highest BCUT2D eigenvalue weighted by Gasteiger charge is 2.32. The third kappa shape index (κ3) is 1.83. The van der Waals surface area contributed by atoms with Gasteiger partial charge >= 0.3 is 0 Å². The summed E-state index contributed by atoms with van der Waals surface area (Å²) in [6.45, 7) is 0.848. The molecule has 1 heterocycles. The Morgan fingerprint density at radius 3 is 2.89 bits per heavy atom. The van der Waals surface area contributed by atoms with Gasteiger partial charge in [0.2, 0.25) is 5.91 Å². The number of nitrogens with zero attached hydrogens (tertiary/aromatic N) is 1. The molecule has 1 aliphatic carbocycles. The molecule has 1 N–H and O–H groups in total. The van der Waals surface area contributed by atoms with Crippen molar-refractivity contribution in [3.05, 3.63) is 29.3 Å². The van der Waals surface area contributed by atoms with Crippen LogP contribution in [0.25, 0.3) is 0 Å². The first kappa shape index (κ1) is 11.7. The third-order valence-electron chi connectivity index (χ3n) is 4.22. The van der Waals surface area contributed by atoms with Crippen LogP contribution in [-0.4, -0.2) is 25.5 Å². The zero-order valence-corrected chi connectivity index (χ0v) is 10.9. The predicted octanol–water partition coefficient (Wildman–Crippen LogP) is 1.89. The van der Waals surface area contributed by atoms with Gasteiger partial charge in [-0.05, 0) is 56.3 Å². The molecule has 3 heteroatoms. The standard InChI is InChI=1S/C15H20N2O/c1-16-13-9-10-17(15(13)18)14-8-4-6-11-5-2-3-7-12(11)14/h4,6,8,13,16H,2-3,5,7,9-10H2,1H3. The van der Waals surface area contributed by atoms with Crippen LogP contribution in [0.1, 0.15) is 30.4 Å². The summed E-state index contributed by atoms with van der Waals surface area (Å²) in [7, 11) is 1.87. The van der Waals surface area contributed by atoms with Crippen LogP contribution in [0.3, 0.4) is 0 Å². The maximum atomic E-state index is 12.3. The molecule has 2 aliphatic rings. The zero-order valence-electron chi connectivity index (χ0n) is 10.9. The van der Waals surface area contributed by atoms with E-state index in [0.717, 1.165) is 25.1 Å². The number of nitrogens with one attached hydrogen (secondary N) is 1. The zero-order chi connectivity index (χ0) is 12.5. The van der Waals surface area contributed by atoms with Gasteiger partial charge in [0.1, 0.15) is 0 Å². The van der Waals surface area contributed by atoms with E-state index in [1.165, 1.54) is 30.4 Å². The monoisotopic (exact) mass is 244 g/mol. The molecule has 1 amide bonds. The highest BCUT2D eigenvalue weighted by molar-refractivity contribution is 6.00. The third-order valence-corrected chi connectivity index (χ3v) is 4.22. The summed E-state index contributed by atoms with van der Waals surface area (Å²) in [4.78, 5) is 14.3. The van der Waals surface area contributed by atoms with E-state index in [4.69, 9.17) is 0 Å². The second-order valence-corrected chi connectivity index (χ2v) is 5.24. The fourth-order valence-corrected chi connectivity index (χ4v) is 3.20. The molecule has 1 unspecified atom stereocenters. The molecular formula is C15H20N2O. The molecule has 0 bridgehead atoms. The largest absolute Gasteiger partial charge is 0.311 e. The SMILES string of the molecule is CNC1CCN(c2cccc3c2CCCC3)C1=O. The Balaban J connectivity index is 1.95. The highest BCUT2D eigenvalue weighted by atomic mass is 16.2. The summed E-state index contributed by atoms with van der Waals surface area (Å²) in [6.07, 6.45) is 5.74. The van der Waals surface area contributed by atoms with Crippen LogP contribution in [0.5, 0.6) is 0 Å². The average Bonchev–Trinajstić information content (AvgIpc) is 2.79. The number of rotatable bonds is 2. The number of hydrogen-bond acceptors (Lipinski definition) is 2. The van der Waals surface area contributed by atoms with Gasteiger partial charge in [0.25, 0.3) is 0 Å². The van der Waals surface area contributed by atoms with Gasteiger partial charge in [0.15, 0.2) is 0 Å². The first-order valence-corrected chi connectivity index (χ1v) is 6.90. The highest BCUT2D eigenvalue weighted by Crippen LogP contribution is 2.32. The first-order chi connectivity index (χ1) is 8.81. The Morgan fingerprint density at radius 1 is 1.28 bits per heavy atom. The molecule has 0 aromatic heterocycles. The molecule has 1 aliphatic heterocycles. The summed E-state index contributed by atoms with van der Waals surface area (Å²) < 4.78 is 0. The quantitative estimate of drug-likeness (QED) is 0.861. The van der Waals surface area contributed by atoms with Crippen molar-refractivity contribution in [2.45, 2.75) is 38.1 Å². The first-order valence-electron chi connectivity index (χ1n) is 6.90. The van der Waals surface area contributed by atoms with Crippen LogP contribution in [0.4, 0.5) is 5.69 Å². The number of benzene rings is 1. The molecule has 1 fully saturated rings. The molecule has 0 saturated carbocycles. The van der Waals surface area contributed by atoms with Gasteiger partial charge in [-0.3, -0.25) is 4.79 Å². The van der Waals surface area contributed by atoms with Crippen LogP contribution in [0.15, 0.2) is 18.2 Å². The van der Waals surface area contributed by atoms with Crippen LogP contribution >= 0.6 is 0 Å². The molecule has 3 rings (SSSR count). The Labute approximate surface area is 108 Å². The van der Waals surface area contributed by atoms with Crippen LogP contribution in [0.2, 0.25) is 0 Å². The fourth-order valence-electron chi connectivity index (χ4n) is 3.20. The van der Waals surface area contributed by atoms with E-state index in [1.807, 2.05) is 11.9 Å². The summed E-state index contributed by atoms with van der Waals surface area (Å²) in [5.74, 6) is 0.233. The second kappa shape index (κ2) is 4.73. The lowest BCUT2D eigenvalue weighted by Crippen LogP contribution is -2.36. The number of fused-ring (bicyclic) bond motifs is 1. The van der Waals surface area contributed by atoms with Crippen molar-refractivity contribution in [3.8, 4) is 0 Å². The van der Waals surface area contributed by atoms with Gasteiger partial charge in [-0.1, -0.05) is 12.1 Å². The van der Waals surface area contributed by atoms with Gasteiger partial charge in [0.05, 0.1) is 6.04 Å². The van der Waals surface area contributed by atoms with Gasteiger partial charge < -0.3 is 10.2 Å². The number of likely N-dealkylation sites (N-methyl/N-ethyl adjacent to an activating group) is 1. The van der Waals surface area contributed by atoms with Crippen molar-refractivity contribution in [1.82, 2.24) is 5.32 Å². The molecule has 3 nitrogen and oxygen atoms in total. The molecule has 96 valence electrons. The topological polar surface area (TPSA) is 32.3 Å². The molecule has 1 atom stereocenters. The Hall–Kier alpha value is -1.35. The van der Waals surface area contributed by atoms with E-state index in [2.05, 4.69) is 23.5 Å². The van der Waals surface area contributed by atoms with Gasteiger partial charge in [0, 0.05) is 12.2 Å². The summed E-state index contributed by atoms with van der Waals surface area (Å²) in [6, 6.07) is 6.43. The van der Waals surface area contributed by atoms with Gasteiger partial charge in [-0.15, -0.1) is 0 Å². The molecule has 1 aromatic rings. The lowest BCUT2D eigenvalue weighted by atomic mass is 9.90. The smallest absolute Gasteiger partial charge is 0.244 e. The van der Waals surface area contributed by atoms with Crippen LogP contribution in [-0.2, 0) is 17.6 Å². The number of anilines is 1. The Kier molecular flexibility index (Phi) is 3.08. The molecule has 0 spiro atoms. The van der Waals surface area contributed by atoms with Crippen molar-refractivity contribution in [1.29, 1.82) is 0 Å². The summed E-state index contributed by atoms with van der Waals surface area (Å²) >= 11 is 0. The lowest BCUT2D eigenvalue weighted by Gasteiger charge is -2.25. The normalized spacial score (nSPS) is 23.3. The Morgan fingerprint density at radius 2 is 2.11 bits per heavy atom. The minimum atomic E-state index is 0.00412. The lowest BCUT2D eigenvalue weighted by molar-refractivity contribution is -0.118. The van der Waals surface area contributed by atoms with Gasteiger partial charge in [-0.25, -0.2) is 0 Å². The maximum Gasteiger partial charge on any atom is 0.244 e. The van der Waals surface area contributed by atoms with Crippen LogP contribution < -0.4 is 10.2 Å². The van der Waals surface area contributed by atoms with Crippen molar-refractivity contribution >= 4 is 11.6 Å².